The molecule has 35 heteroatoms. The lowest BCUT2D eigenvalue weighted by atomic mass is 9.92. The minimum Gasteiger partial charge on any atom is -0.480 e. The van der Waals surface area contributed by atoms with Gasteiger partial charge in [-0.05, 0) is 184 Å². The Balaban J connectivity index is 0.000000147. The maximum atomic E-state index is 13.0. The molecular weight excluding hydrogens is 1970 g/mol. The lowest BCUT2D eigenvalue weighted by molar-refractivity contribution is -0.143. The first kappa shape index (κ1) is 107. The molecule has 1 N–H and O–H groups in total. The Hall–Kier alpha value is -14.7. The van der Waals surface area contributed by atoms with Crippen LogP contribution in [0.5, 0.6) is 47.0 Å². The first-order valence-electron chi connectivity index (χ1n) is 46.7. The molecule has 15 aromatic heterocycles. The number of hydrogen-bond acceptors (Lipinski definition) is 25. The summed E-state index contributed by atoms with van der Waals surface area (Å²) in [7, 11) is 9.52. The Morgan fingerprint density at radius 3 is 1.16 bits per heavy atom. The van der Waals surface area contributed by atoms with Gasteiger partial charge in [-0.3, -0.25) is 23.6 Å². The van der Waals surface area contributed by atoms with E-state index < -0.39 is 10.1 Å². The first-order valence-corrected chi connectivity index (χ1v) is 50.8. The molecule has 1 aliphatic carbocycles. The predicted molar refractivity (Wildman–Crippen MR) is 559 cm³/mol. The number of ketones is 2. The number of alkyl halides is 2. The molecule has 0 radical (unpaired) electrons. The highest BCUT2D eigenvalue weighted by Crippen LogP contribution is 2.37. The summed E-state index contributed by atoms with van der Waals surface area (Å²) >= 11 is 6.89. The van der Waals surface area contributed by atoms with Crippen LogP contribution in [0.2, 0.25) is 0 Å². The average Bonchev–Trinajstić information content (AvgIpc) is 1.60. The number of methoxy groups -OCH3 is 8. The maximum Gasteiger partial charge on any atom is 0.306 e. The van der Waals surface area contributed by atoms with Crippen LogP contribution in [0.15, 0.2) is 263 Å². The van der Waals surface area contributed by atoms with Crippen LogP contribution in [-0.2, 0) is 68.8 Å². The van der Waals surface area contributed by atoms with Crippen molar-refractivity contribution in [1.82, 2.24) is 75.7 Å². The molecule has 143 heavy (non-hydrogen) atoms. The van der Waals surface area contributed by atoms with Gasteiger partial charge in [0.15, 0.2) is 0 Å². The van der Waals surface area contributed by atoms with Crippen molar-refractivity contribution in [2.24, 2.45) is 0 Å². The van der Waals surface area contributed by atoms with Gasteiger partial charge in [-0.2, -0.15) is 8.42 Å². The van der Waals surface area contributed by atoms with Gasteiger partial charge < -0.3 is 78.5 Å². The summed E-state index contributed by atoms with van der Waals surface area (Å²) in [6.07, 6.45) is 53.1. The number of ether oxygens (including phenoxy) is 9. The number of aliphatic hydroxyl groups excluding tert-OH is 1. The molecule has 0 unspecified atom stereocenters. The summed E-state index contributed by atoms with van der Waals surface area (Å²) in [4.78, 5) is 74.5. The Morgan fingerprint density at radius 1 is 0.406 bits per heavy atom. The van der Waals surface area contributed by atoms with Gasteiger partial charge in [-0.1, -0.05) is 142 Å². The summed E-state index contributed by atoms with van der Waals surface area (Å²) in [6.45, 7) is 6.65. The standard InChI is InChI=1S/C19H20N2O2.C18H17BrN2O2.C18H16N2O.C13H16N2O3.C12H16N2O4S.C11H13BrN2O.C11H14N2O2.C6H8N2O/c1-3-4-8-15-13-16-19(23-2)20-11-12-21(16)17(15)18(22)14-9-6-5-7-10-14;1-23-18-15-12-14(8-5-9-19)16(21(15)11-10-20-18)17(22)13-6-3-2-4-7-13;1-21-18-16-12-14-8-5-9-15(13-6-3-2-4-7-13)17(14)20(16)11-10-19-18;1-3-18-12(16)5-4-10-8-11-13(17-2)14-6-7-15(11)9-10;1-17-12-11-8-10(9-14(11)6-5-13-12)4-3-7-18-19(2,15)16;1-15-11-10-7-9(3-2-4-12)8-14(10)6-5-13-11;1-15-11-10-7-9(3-2-6-14)8-13(10)5-4-12-11;1-5-6(9-2)8-4-3-7-5/h5-7,9-13H,3-4,8H2,1-2H3;2-4,6-7,10-12H,5,8-9H2,1H3;2-4,6-7,9-12H,5,8H2,1H3;6-9H,3-5H2,1-2H3;5-6,8-9H,3-4,7H2,1-2H3;5-8H,2-4H2,1H3;4-5,7-8,14H,2-3,6H2,1H3;3-4H,1-2H3. The molecule has 15 heterocycles. The summed E-state index contributed by atoms with van der Waals surface area (Å²) in [5.74, 6) is 4.69. The Morgan fingerprint density at radius 2 is 0.769 bits per heavy atom. The lowest BCUT2D eigenvalue weighted by Gasteiger charge is -2.16. The molecule has 748 valence electrons. The van der Waals surface area contributed by atoms with E-state index in [0.29, 0.717) is 95.4 Å². The Bertz CT molecular complexity index is 7100. The van der Waals surface area contributed by atoms with E-state index in [0.717, 1.165) is 161 Å². The number of unbranched alkanes of at least 4 members (excludes halogenated alkanes) is 1. The van der Waals surface area contributed by atoms with Crippen molar-refractivity contribution in [3.05, 3.63) is 342 Å². The summed E-state index contributed by atoms with van der Waals surface area (Å²) in [6, 6.07) is 43.7. The number of aliphatic hydroxyl groups is 1. The fourth-order valence-corrected chi connectivity index (χ4v) is 17.2. The summed E-state index contributed by atoms with van der Waals surface area (Å²) < 4.78 is 86.8. The zero-order valence-electron chi connectivity index (χ0n) is 82.4. The highest BCUT2D eigenvalue weighted by Gasteiger charge is 2.26. The number of fused-ring (bicyclic) bond motifs is 9. The third-order valence-corrected chi connectivity index (χ3v) is 24.5. The van der Waals surface area contributed by atoms with E-state index in [9.17, 15) is 22.8 Å². The van der Waals surface area contributed by atoms with Gasteiger partial charge in [0.1, 0.15) is 38.6 Å². The molecule has 0 saturated heterocycles. The molecular formula is C108H120Br2N16O16S. The van der Waals surface area contributed by atoms with Crippen molar-refractivity contribution in [2.45, 2.75) is 117 Å². The molecule has 18 aromatic rings. The van der Waals surface area contributed by atoms with Crippen molar-refractivity contribution in [3.8, 4) is 47.0 Å². The normalized spacial score (nSPS) is 11.3. The van der Waals surface area contributed by atoms with Gasteiger partial charge in [0.05, 0.1) is 99.1 Å². The van der Waals surface area contributed by atoms with E-state index in [2.05, 4.69) is 147 Å². The average molecular weight is 2090 g/mol. The van der Waals surface area contributed by atoms with E-state index in [4.69, 9.17) is 51.9 Å². The van der Waals surface area contributed by atoms with E-state index in [1.807, 2.05) is 182 Å². The largest absolute Gasteiger partial charge is 0.480 e. The Labute approximate surface area is 848 Å². The van der Waals surface area contributed by atoms with Crippen molar-refractivity contribution in [3.63, 3.8) is 0 Å². The predicted octanol–water partition coefficient (Wildman–Crippen LogP) is 19.4. The number of rotatable bonds is 34. The molecule has 32 nitrogen and oxygen atoms in total. The van der Waals surface area contributed by atoms with E-state index in [-0.39, 0.29) is 30.7 Å². The molecule has 1 aliphatic rings. The van der Waals surface area contributed by atoms with Crippen molar-refractivity contribution in [2.75, 3.05) is 93.6 Å². The molecule has 0 atom stereocenters. The molecule has 19 rings (SSSR count). The van der Waals surface area contributed by atoms with Crippen LogP contribution in [0.25, 0.3) is 44.2 Å². The number of aromatic nitrogens is 16. The third-order valence-electron chi connectivity index (χ3n) is 22.8. The van der Waals surface area contributed by atoms with Gasteiger partial charge in [-0.15, -0.1) is 0 Å². The number of hydrogen-bond donors (Lipinski definition) is 1. The van der Waals surface area contributed by atoms with E-state index in [1.165, 1.54) is 33.5 Å². The summed E-state index contributed by atoms with van der Waals surface area (Å²) in [5, 5.41) is 10.7. The number of benzene rings is 3. The highest BCUT2D eigenvalue weighted by atomic mass is 79.9. The second-order valence-corrected chi connectivity index (χ2v) is 35.7. The van der Waals surface area contributed by atoms with Crippen LogP contribution in [0, 0.1) is 6.92 Å². The fraction of sp³-hybridized carbons (Fsp3) is 0.296. The number of halogens is 2. The molecule has 0 spiro atoms. The van der Waals surface area contributed by atoms with Gasteiger partial charge in [-0.25, -0.2) is 39.9 Å². The molecule has 0 aliphatic heterocycles. The molecule has 0 bridgehead atoms. The number of nitrogens with zero attached hydrogens (tertiary/aromatic N) is 16. The minimum atomic E-state index is -3.35. The fourth-order valence-electron chi connectivity index (χ4n) is 16.2. The van der Waals surface area contributed by atoms with Crippen LogP contribution in [0.1, 0.15) is 153 Å². The van der Waals surface area contributed by atoms with Crippen LogP contribution >= 0.6 is 31.9 Å². The van der Waals surface area contributed by atoms with Gasteiger partial charge in [0.25, 0.3) is 10.1 Å². The zero-order valence-corrected chi connectivity index (χ0v) is 86.3. The Kier molecular flexibility index (Phi) is 40.8. The van der Waals surface area contributed by atoms with Crippen LogP contribution in [0.3, 0.4) is 0 Å². The van der Waals surface area contributed by atoms with Crippen molar-refractivity contribution >= 4 is 104 Å². The quantitative estimate of drug-likeness (QED) is 0.0129. The summed E-state index contributed by atoms with van der Waals surface area (Å²) in [5.41, 5.74) is 22.0. The molecule has 0 saturated carbocycles. The SMILES string of the molecule is CCCCc1cc2c(OC)nccn2c1C(=O)c1ccccc1.CCOC(=O)CCc1cc2c(OC)nccn2c1.COc1nccn2c(C(=O)c3ccccc3)c(CCCBr)cc12.COc1nccn2c3c(cc12)CCC=C3c1ccccc1.COc1nccn2cc(CCCBr)cc12.COc1nccn2cc(CCCO)cc12.COc1nccn2cc(CCCOS(C)(=O)=O)cc12.COc1nccnc1C. The molecule has 0 fully saturated rings. The van der Waals surface area contributed by atoms with Crippen LogP contribution < -0.4 is 37.9 Å². The van der Waals surface area contributed by atoms with Crippen molar-refractivity contribution in [1.29, 1.82) is 0 Å². The van der Waals surface area contributed by atoms with Crippen LogP contribution in [0.4, 0.5) is 0 Å². The second kappa shape index (κ2) is 54.4. The number of esters is 1. The second-order valence-electron chi connectivity index (χ2n) is 32.5. The topological polar surface area (TPSA) is 345 Å². The lowest BCUT2D eigenvalue weighted by Crippen LogP contribution is -2.08. The molecule has 0 amide bonds. The number of carbonyl (C=O) groups is 3. The van der Waals surface area contributed by atoms with Gasteiger partial charge >= 0.3 is 5.97 Å². The zero-order chi connectivity index (χ0) is 102. The van der Waals surface area contributed by atoms with Crippen LogP contribution in [-0.4, -0.2) is 200 Å². The first-order chi connectivity index (χ1) is 69.7. The monoisotopic (exact) mass is 2090 g/mol. The number of aryl methyl sites for hydroxylation is 8. The third kappa shape index (κ3) is 28.6. The number of carbonyl (C=O) groups excluding carboxylic acids is 3. The highest BCUT2D eigenvalue weighted by molar-refractivity contribution is 9.09. The maximum absolute atomic E-state index is 13.0. The molecule has 3 aromatic carbocycles. The number of allylic oxidation sites excluding steroid dienone is 1. The smallest absolute Gasteiger partial charge is 0.306 e. The van der Waals surface area contributed by atoms with Gasteiger partial charge in [0, 0.05) is 164 Å². The minimum absolute atomic E-state index is 0.0171. The van der Waals surface area contributed by atoms with E-state index >= 15 is 0 Å². The van der Waals surface area contributed by atoms with Gasteiger partial charge in [0.2, 0.25) is 58.6 Å². The van der Waals surface area contributed by atoms with Crippen molar-refractivity contribution < 1.29 is 74.7 Å². The van der Waals surface area contributed by atoms with E-state index in [1.54, 1.807) is 120 Å².